The van der Waals surface area contributed by atoms with Gasteiger partial charge in [0.15, 0.2) is 0 Å². The topological polar surface area (TPSA) is 63.1 Å². The molecule has 0 saturated carbocycles. The monoisotopic (exact) mass is 206 g/mol. The molecule has 1 N–H and O–H groups in total. The maximum atomic E-state index is 10.9. The average molecular weight is 206 g/mol. The molecule has 5 heteroatoms. The van der Waals surface area contributed by atoms with Crippen LogP contribution in [0.4, 0.5) is 0 Å². The molecule has 0 aromatic carbocycles. The van der Waals surface area contributed by atoms with Gasteiger partial charge in [-0.2, -0.15) is 0 Å². The Kier molecular flexibility index (Phi) is 2.24. The summed E-state index contributed by atoms with van der Waals surface area (Å²) in [5.74, 6) is -0.985. The van der Waals surface area contributed by atoms with E-state index in [9.17, 15) is 4.79 Å². The van der Waals surface area contributed by atoms with Crippen molar-refractivity contribution < 1.29 is 9.90 Å². The van der Waals surface area contributed by atoms with Crippen LogP contribution in [-0.2, 0) is 0 Å². The van der Waals surface area contributed by atoms with Gasteiger partial charge in [0.2, 0.25) is 0 Å². The van der Waals surface area contributed by atoms with Gasteiger partial charge >= 0.3 is 5.97 Å². The Morgan fingerprint density at radius 1 is 1.43 bits per heavy atom. The number of nitrogens with zero attached hydrogens (tertiary/aromatic N) is 2. The van der Waals surface area contributed by atoms with E-state index in [1.807, 2.05) is 0 Å². The lowest BCUT2D eigenvalue weighted by Crippen LogP contribution is -2.00. The summed E-state index contributed by atoms with van der Waals surface area (Å²) in [4.78, 5) is 18.9. The van der Waals surface area contributed by atoms with Crippen LogP contribution in [0.25, 0.3) is 11.4 Å². The van der Waals surface area contributed by atoms with Gasteiger partial charge < -0.3 is 5.11 Å². The lowest BCUT2D eigenvalue weighted by molar-refractivity contribution is 0.0697. The van der Waals surface area contributed by atoms with Gasteiger partial charge in [-0.3, -0.25) is 4.98 Å². The first kappa shape index (κ1) is 8.83. The van der Waals surface area contributed by atoms with E-state index in [-0.39, 0.29) is 5.56 Å². The molecule has 0 aliphatic carbocycles. The maximum absolute atomic E-state index is 10.9. The third kappa shape index (κ3) is 1.49. The smallest absolute Gasteiger partial charge is 0.337 e. The van der Waals surface area contributed by atoms with Crippen LogP contribution in [0.5, 0.6) is 0 Å². The zero-order valence-corrected chi connectivity index (χ0v) is 7.86. The minimum atomic E-state index is -0.985. The standard InChI is InChI=1S/C9H6N2O2S/c12-9(13)6-2-1-3-10-8(6)7-4-14-5-11-7/h1-5H,(H,12,13). The molecule has 2 aromatic heterocycles. The van der Waals surface area contributed by atoms with Gasteiger partial charge in [0.25, 0.3) is 0 Å². The first-order valence-corrected chi connectivity index (χ1v) is 4.80. The van der Waals surface area contributed by atoms with E-state index in [4.69, 9.17) is 5.11 Å². The Morgan fingerprint density at radius 2 is 2.29 bits per heavy atom. The first-order valence-electron chi connectivity index (χ1n) is 3.86. The van der Waals surface area contributed by atoms with Gasteiger partial charge in [-0.25, -0.2) is 9.78 Å². The number of aromatic carboxylic acids is 1. The fourth-order valence-electron chi connectivity index (χ4n) is 1.11. The molecule has 0 radical (unpaired) electrons. The van der Waals surface area contributed by atoms with Crippen molar-refractivity contribution in [2.45, 2.75) is 0 Å². The fourth-order valence-corrected chi connectivity index (χ4v) is 1.65. The van der Waals surface area contributed by atoms with E-state index in [0.29, 0.717) is 11.4 Å². The van der Waals surface area contributed by atoms with E-state index in [1.54, 1.807) is 23.2 Å². The fraction of sp³-hybridized carbons (Fsp3) is 0. The van der Waals surface area contributed by atoms with Crippen LogP contribution in [0.2, 0.25) is 0 Å². The predicted molar refractivity (Wildman–Crippen MR) is 52.3 cm³/mol. The van der Waals surface area contributed by atoms with Gasteiger partial charge in [-0.05, 0) is 12.1 Å². The molecule has 0 aliphatic rings. The second-order valence-corrected chi connectivity index (χ2v) is 3.30. The molecular formula is C9H6N2O2S. The van der Waals surface area contributed by atoms with Crippen molar-refractivity contribution in [2.24, 2.45) is 0 Å². The Labute approximate surface area is 83.9 Å². The molecule has 0 atom stereocenters. The normalized spacial score (nSPS) is 10.0. The summed E-state index contributed by atoms with van der Waals surface area (Å²) in [5.41, 5.74) is 2.85. The minimum Gasteiger partial charge on any atom is -0.478 e. The van der Waals surface area contributed by atoms with E-state index in [0.717, 1.165) is 0 Å². The van der Waals surface area contributed by atoms with Crippen LogP contribution in [0.1, 0.15) is 10.4 Å². The van der Waals surface area contributed by atoms with Crippen LogP contribution < -0.4 is 0 Å². The van der Waals surface area contributed by atoms with Crippen molar-refractivity contribution in [1.29, 1.82) is 0 Å². The van der Waals surface area contributed by atoms with Crippen molar-refractivity contribution in [3.8, 4) is 11.4 Å². The molecule has 0 unspecified atom stereocenters. The number of aromatic nitrogens is 2. The van der Waals surface area contributed by atoms with Crippen LogP contribution in [-0.4, -0.2) is 21.0 Å². The molecule has 0 spiro atoms. The Bertz CT molecular complexity index is 454. The maximum Gasteiger partial charge on any atom is 0.337 e. The first-order chi connectivity index (χ1) is 6.79. The number of pyridine rings is 1. The third-order valence-corrected chi connectivity index (χ3v) is 2.30. The van der Waals surface area contributed by atoms with Crippen molar-refractivity contribution in [3.05, 3.63) is 34.8 Å². The largest absolute Gasteiger partial charge is 0.478 e. The molecule has 0 saturated heterocycles. The number of carboxylic acids is 1. The number of carboxylic acid groups (broad SMARTS) is 1. The van der Waals surface area contributed by atoms with Gasteiger partial charge in [0.1, 0.15) is 11.4 Å². The quantitative estimate of drug-likeness (QED) is 0.815. The molecule has 2 rings (SSSR count). The molecule has 0 amide bonds. The lowest BCUT2D eigenvalue weighted by atomic mass is 10.1. The number of hydrogen-bond donors (Lipinski definition) is 1. The highest BCUT2D eigenvalue weighted by atomic mass is 32.1. The van der Waals surface area contributed by atoms with E-state index >= 15 is 0 Å². The van der Waals surface area contributed by atoms with Crippen molar-refractivity contribution in [3.63, 3.8) is 0 Å². The van der Waals surface area contributed by atoms with E-state index in [1.165, 1.54) is 17.4 Å². The van der Waals surface area contributed by atoms with Gasteiger partial charge in [-0.1, -0.05) is 0 Å². The lowest BCUT2D eigenvalue weighted by Gasteiger charge is -1.99. The highest BCUT2D eigenvalue weighted by Gasteiger charge is 2.13. The van der Waals surface area contributed by atoms with Gasteiger partial charge in [0, 0.05) is 11.6 Å². The van der Waals surface area contributed by atoms with Gasteiger partial charge in [0.05, 0.1) is 11.1 Å². The molecule has 0 aliphatic heterocycles. The number of hydrogen-bond acceptors (Lipinski definition) is 4. The summed E-state index contributed by atoms with van der Waals surface area (Å²) in [6, 6.07) is 3.11. The minimum absolute atomic E-state index is 0.179. The molecule has 70 valence electrons. The molecule has 4 nitrogen and oxygen atoms in total. The Balaban J connectivity index is 2.58. The van der Waals surface area contributed by atoms with Gasteiger partial charge in [-0.15, -0.1) is 11.3 Å². The highest BCUT2D eigenvalue weighted by molar-refractivity contribution is 7.07. The summed E-state index contributed by atoms with van der Waals surface area (Å²) in [7, 11) is 0. The number of rotatable bonds is 2. The second kappa shape index (κ2) is 3.55. The summed E-state index contributed by atoms with van der Waals surface area (Å²) in [5, 5.41) is 10.7. The van der Waals surface area contributed by atoms with Crippen molar-refractivity contribution >= 4 is 17.3 Å². The van der Waals surface area contributed by atoms with Crippen molar-refractivity contribution in [2.75, 3.05) is 0 Å². The summed E-state index contributed by atoms with van der Waals surface area (Å²) in [6.07, 6.45) is 1.56. The van der Waals surface area contributed by atoms with Crippen molar-refractivity contribution in [1.82, 2.24) is 9.97 Å². The molecule has 0 bridgehead atoms. The zero-order valence-electron chi connectivity index (χ0n) is 7.04. The van der Waals surface area contributed by atoms with Crippen LogP contribution >= 0.6 is 11.3 Å². The van der Waals surface area contributed by atoms with E-state index in [2.05, 4.69) is 9.97 Å². The molecule has 0 fully saturated rings. The van der Waals surface area contributed by atoms with E-state index < -0.39 is 5.97 Å². The Morgan fingerprint density at radius 3 is 2.93 bits per heavy atom. The molecule has 2 heterocycles. The van der Waals surface area contributed by atoms with Crippen LogP contribution in [0.15, 0.2) is 29.2 Å². The zero-order chi connectivity index (χ0) is 9.97. The molecular weight excluding hydrogens is 200 g/mol. The Hall–Kier alpha value is -1.75. The number of thiazole rings is 1. The third-order valence-electron chi connectivity index (χ3n) is 1.71. The van der Waals surface area contributed by atoms with Crippen LogP contribution in [0, 0.1) is 0 Å². The van der Waals surface area contributed by atoms with Crippen LogP contribution in [0.3, 0.4) is 0 Å². The number of carbonyl (C=O) groups is 1. The molecule has 14 heavy (non-hydrogen) atoms. The average Bonchev–Trinajstić information content (AvgIpc) is 2.70. The molecule has 2 aromatic rings. The summed E-state index contributed by atoms with van der Waals surface area (Å²) in [6.45, 7) is 0. The summed E-state index contributed by atoms with van der Waals surface area (Å²) >= 11 is 1.41. The SMILES string of the molecule is O=C(O)c1cccnc1-c1cscn1. The highest BCUT2D eigenvalue weighted by Crippen LogP contribution is 2.20. The second-order valence-electron chi connectivity index (χ2n) is 2.58. The predicted octanol–water partition coefficient (Wildman–Crippen LogP) is 1.90. The summed E-state index contributed by atoms with van der Waals surface area (Å²) < 4.78 is 0.